The maximum absolute atomic E-state index is 15.8. The molecule has 556 valence electrons. The Morgan fingerprint density at radius 1 is 0.604 bits per heavy atom. The second-order valence-corrected chi connectivity index (χ2v) is 23.9. The SMILES string of the molecule is [2H]C([2H])([2H])OC([2H])([2H])CN1C([2H])([2H])C([2H])([2H])C([2H])(N(C(=O)Cn2c(SCc3cccc(F)c3F)cc(=O)c3ccccc32)C([2H])(C)c2ccc(-c3ccc(C(F)(F)F)cc3)cc2)C([2H])([2H])C1([2H])[2H].[2H]c1c([2H])c(F)c(F)c(CSc2c([2H])c(=O)c3c([2H])c(C)c([2H])c([2H])c3n2CC(=O)N(C([2H])([2H])c2c([2H])c([2H])c(-c3c([2H])c([2H])c(C(F)(F)F)c([2H])c3[2H])c([2H])c2[2H])C2([2H])C([2H])([2H])C([2H])([2H])N(CC([2H])([2H])OC([2H])([2H])[2H])C([2H])([2H])C2([2H])[2H])c1[2H]. The van der Waals surface area contributed by atoms with Crippen LogP contribution >= 0.6 is 23.5 Å². The van der Waals surface area contributed by atoms with Crippen LogP contribution in [0.15, 0.2) is 207 Å². The van der Waals surface area contributed by atoms with E-state index in [9.17, 15) is 66.9 Å². The molecule has 10 aromatic rings. The van der Waals surface area contributed by atoms with Crippen molar-refractivity contribution in [3.63, 3.8) is 0 Å². The fraction of sp³-hybridized carbons (Fsp3) is 0.317. The number of pyridine rings is 2. The van der Waals surface area contributed by atoms with Crippen LogP contribution in [0.25, 0.3) is 44.1 Å². The minimum atomic E-state index is -5.59. The largest absolute Gasteiger partial charge is 0.416 e. The van der Waals surface area contributed by atoms with Crippen LogP contribution in [0.5, 0.6) is 0 Å². The Morgan fingerprint density at radius 2 is 1.17 bits per heavy atom. The number of halogens is 10. The van der Waals surface area contributed by atoms with E-state index in [2.05, 4.69) is 9.47 Å². The number of para-hydroxylation sites is 1. The molecule has 2 aliphatic heterocycles. The Balaban J connectivity index is 0.000000294. The molecule has 0 N–H and O–H groups in total. The van der Waals surface area contributed by atoms with E-state index in [0.29, 0.717) is 0 Å². The van der Waals surface area contributed by atoms with Crippen LogP contribution in [-0.2, 0) is 62.5 Å². The van der Waals surface area contributed by atoms with Gasteiger partial charge in [0, 0.05) is 139 Å². The zero-order valence-electron chi connectivity index (χ0n) is 100. The highest BCUT2D eigenvalue weighted by atomic mass is 32.2. The van der Waals surface area contributed by atoms with Gasteiger partial charge in [0.1, 0.15) is 13.1 Å². The van der Waals surface area contributed by atoms with E-state index in [1.807, 2.05) is 0 Å². The van der Waals surface area contributed by atoms with Gasteiger partial charge < -0.3 is 38.2 Å². The molecule has 0 radical (unpaired) electrons. The molecule has 12 rings (SSSR count). The third kappa shape index (κ3) is 19.2. The van der Waals surface area contributed by atoms with Crippen molar-refractivity contribution in [2.24, 2.45) is 0 Å². The van der Waals surface area contributed by atoms with Crippen molar-refractivity contribution in [3.8, 4) is 22.3 Å². The number of alkyl halides is 6. The van der Waals surface area contributed by atoms with Crippen molar-refractivity contribution in [3.05, 3.63) is 270 Å². The number of carbonyl (C=O) groups is 2. The summed E-state index contributed by atoms with van der Waals surface area (Å²) in [6, 6.07) is -16.2. The van der Waals surface area contributed by atoms with Gasteiger partial charge in [-0.05, 0) is 133 Å². The molecular formula is C82H80F10N6O6S2. The van der Waals surface area contributed by atoms with Crippen LogP contribution in [0.2, 0.25) is 0 Å². The van der Waals surface area contributed by atoms with Crippen molar-refractivity contribution in [2.45, 2.75) is 111 Å². The van der Waals surface area contributed by atoms with Crippen molar-refractivity contribution >= 4 is 57.1 Å². The number of amides is 2. The predicted octanol–water partition coefficient (Wildman–Crippen LogP) is 17.7. The summed E-state index contributed by atoms with van der Waals surface area (Å²) in [4.78, 5) is 56.7. The topological polar surface area (TPSA) is 110 Å². The first-order chi connectivity index (χ1) is 68.7. The molecule has 2 saturated heterocycles. The van der Waals surface area contributed by atoms with E-state index in [-0.39, 0.29) is 70.1 Å². The number of benzene rings is 8. The van der Waals surface area contributed by atoms with Gasteiger partial charge in [0.15, 0.2) is 34.1 Å². The molecule has 24 heteroatoms. The number of aromatic nitrogens is 2. The number of nitrogens with zero attached hydrogens (tertiary/aromatic N) is 6. The van der Waals surface area contributed by atoms with Gasteiger partial charge in [-0.1, -0.05) is 121 Å². The number of piperidine rings is 2. The lowest BCUT2D eigenvalue weighted by atomic mass is 9.96. The average molecular weight is 1550 g/mol. The molecule has 0 bridgehead atoms. The van der Waals surface area contributed by atoms with E-state index >= 15 is 14.0 Å². The summed E-state index contributed by atoms with van der Waals surface area (Å²) in [5.74, 6) is -12.0. The van der Waals surface area contributed by atoms with Gasteiger partial charge in [0.05, 0.1) is 92.5 Å². The first-order valence-electron chi connectivity index (χ1n) is 53.3. The maximum Gasteiger partial charge on any atom is 0.416 e. The molecule has 2 aliphatic rings. The Labute approximate surface area is 681 Å². The second kappa shape index (κ2) is 35.1. The molecule has 0 saturated carbocycles. The third-order valence-corrected chi connectivity index (χ3v) is 17.1. The Hall–Kier alpha value is -9.04. The smallest absolute Gasteiger partial charge is 0.383 e. The Morgan fingerprint density at radius 3 is 1.80 bits per heavy atom. The van der Waals surface area contributed by atoms with Crippen molar-refractivity contribution in [2.75, 3.05) is 66.3 Å². The lowest BCUT2D eigenvalue weighted by Gasteiger charge is -2.42. The predicted molar refractivity (Wildman–Crippen MR) is 395 cm³/mol. The van der Waals surface area contributed by atoms with Gasteiger partial charge in [-0.2, -0.15) is 26.3 Å². The van der Waals surface area contributed by atoms with Gasteiger partial charge in [0.25, 0.3) is 0 Å². The van der Waals surface area contributed by atoms with Crippen LogP contribution < -0.4 is 10.9 Å². The Bertz CT molecular complexity index is 7160. The van der Waals surface area contributed by atoms with Gasteiger partial charge in [-0.25, -0.2) is 17.6 Å². The summed E-state index contributed by atoms with van der Waals surface area (Å²) in [5.41, 5.74) is -12.9. The first-order valence-corrected chi connectivity index (χ1v) is 32.3. The molecular weight excluding hydrogens is 1420 g/mol. The summed E-state index contributed by atoms with van der Waals surface area (Å²) in [5, 5.41) is -2.32. The lowest BCUT2D eigenvalue weighted by molar-refractivity contribution is -0.138. The molecule has 106 heavy (non-hydrogen) atoms. The highest BCUT2D eigenvalue weighted by Crippen LogP contribution is 2.37. The Kier molecular flexibility index (Phi) is 12.6. The maximum atomic E-state index is 15.8. The van der Waals surface area contributed by atoms with Crippen LogP contribution in [0, 0.1) is 30.2 Å². The van der Waals surface area contributed by atoms with Crippen molar-refractivity contribution < 1.29 is 126 Å². The van der Waals surface area contributed by atoms with Gasteiger partial charge in [-0.15, -0.1) is 23.5 Å². The normalized spacial score (nSPS) is 26.1. The van der Waals surface area contributed by atoms with Crippen molar-refractivity contribution in [1.29, 1.82) is 0 Å². The number of carbonyl (C=O) groups excluding carboxylic acids is 2. The van der Waals surface area contributed by atoms with Crippen molar-refractivity contribution in [1.82, 2.24) is 28.7 Å². The number of fused-ring (bicyclic) bond motifs is 2. The van der Waals surface area contributed by atoms with Crippen LogP contribution in [-0.4, -0.2) is 119 Å². The van der Waals surface area contributed by atoms with E-state index in [1.165, 1.54) is 48.5 Å². The number of ether oxygens (including phenoxy) is 2. The monoisotopic (exact) mass is 1540 g/mol. The number of thioether (sulfide) groups is 2. The highest BCUT2D eigenvalue weighted by molar-refractivity contribution is 7.98. The van der Waals surface area contributed by atoms with E-state index in [1.54, 1.807) is 0 Å². The quantitative estimate of drug-likeness (QED) is 0.0428. The van der Waals surface area contributed by atoms with Gasteiger partial charge in [-0.3, -0.25) is 19.2 Å². The third-order valence-electron chi connectivity index (χ3n) is 15.0. The zero-order chi connectivity index (χ0) is 116. The number of hydrogen-bond acceptors (Lipinski definition) is 10. The standard InChI is InChI=1S/2C41H40F5N3O3S/c1-27(28-10-12-29(13-11-28)30-14-16-32(17-15-30)41(44,45)46)49(33-18-20-47(21-19-33)22-23-52-2)38(51)25-48-36-9-4-3-7-34(36)37(50)24-39(48)53-26-31-6-5-8-35(42)40(31)43;1-27-6-15-36-34(22-27)37(50)23-39(53-26-31-4-3-5-35(42)40(31)43)49(36)25-38(51)48(33-16-18-47(19-17-33)20-21-52-2)24-28-7-9-29(10-8-28)30-11-13-32(14-12-30)41(44,45)46/h3-17,24,27,33H,18-23,25-26H2,1-2H3;3-15,22-23,33H,16-21,24-26H2,1-2H3/i2D3,18D2,19D2,20D2,21D2,23D2,27D,33D;2D3,3D,4D,5D,6D,7D,8D,9D,10D,11D,12D,13D,14D,15D,16D2,17D2,18D2,19D2,21D2,22D,23D,24D2,33D. The van der Waals surface area contributed by atoms with Gasteiger partial charge >= 0.3 is 12.4 Å². The second-order valence-electron chi connectivity index (χ2n) is 21.9. The summed E-state index contributed by atoms with van der Waals surface area (Å²) in [6.45, 7) is -34.8. The van der Waals surface area contributed by atoms with Gasteiger partial charge in [0.2, 0.25) is 11.8 Å². The molecule has 12 nitrogen and oxygen atoms in total. The molecule has 8 aromatic carbocycles. The number of hydrogen-bond donors (Lipinski definition) is 0. The molecule has 2 fully saturated rings. The molecule has 2 aromatic heterocycles. The first kappa shape index (κ1) is 38.2. The number of rotatable bonds is 24. The van der Waals surface area contributed by atoms with Crippen LogP contribution in [0.1, 0.15) is 140 Å². The van der Waals surface area contributed by atoms with E-state index in [4.69, 9.17) is 45.2 Å². The minimum absolute atomic E-state index is 0.0230. The number of likely N-dealkylation sites (tertiary alicyclic amines) is 2. The zero-order valence-corrected chi connectivity index (χ0v) is 55.8. The molecule has 0 aliphatic carbocycles. The fourth-order valence-corrected chi connectivity index (χ4v) is 11.9. The average Bonchev–Trinajstić information content (AvgIpc) is 0.667. The van der Waals surface area contributed by atoms with Crippen LogP contribution in [0.4, 0.5) is 43.9 Å². The van der Waals surface area contributed by atoms with Crippen LogP contribution in [0.3, 0.4) is 0 Å². The highest BCUT2D eigenvalue weighted by Gasteiger charge is 2.35. The summed E-state index contributed by atoms with van der Waals surface area (Å²) < 4.78 is 552. The number of methoxy groups -OCH3 is 2. The van der Waals surface area contributed by atoms with E-state index < -0.39 is 349 Å². The summed E-state index contributed by atoms with van der Waals surface area (Å²) in [6.07, 6.45) is -28.5. The molecule has 1 atom stereocenters. The van der Waals surface area contributed by atoms with E-state index in [0.717, 1.165) is 78.7 Å². The molecule has 0 spiro atoms. The molecule has 4 heterocycles. The molecule has 1 unspecified atom stereocenters. The lowest BCUT2D eigenvalue weighted by Crippen LogP contribution is -2.49. The minimum Gasteiger partial charge on any atom is -0.383 e. The summed E-state index contributed by atoms with van der Waals surface area (Å²) >= 11 is 0.664. The fourth-order valence-electron chi connectivity index (χ4n) is 9.87. The summed E-state index contributed by atoms with van der Waals surface area (Å²) in [7, 11) is -7.28. The molecule has 2 amide bonds.